The first-order valence-corrected chi connectivity index (χ1v) is 9.82. The Bertz CT molecular complexity index is 302. The molecule has 0 heterocycles. The van der Waals surface area contributed by atoms with Crippen molar-refractivity contribution in [2.75, 3.05) is 19.6 Å². The highest BCUT2D eigenvalue weighted by Crippen LogP contribution is 2.37. The van der Waals surface area contributed by atoms with E-state index in [2.05, 4.69) is 25.7 Å². The fourth-order valence-corrected chi connectivity index (χ4v) is 4.23. The molecule has 0 aromatic carbocycles. The predicted octanol–water partition coefficient (Wildman–Crippen LogP) is 5.31. The molecule has 2 heteroatoms. The molecule has 130 valence electrons. The first-order chi connectivity index (χ1) is 10.6. The molecular formula is C20H39NO. The van der Waals surface area contributed by atoms with Crippen LogP contribution in [0.4, 0.5) is 0 Å². The summed E-state index contributed by atoms with van der Waals surface area (Å²) in [5.41, 5.74) is 0. The Hall–Kier alpha value is -0.370. The van der Waals surface area contributed by atoms with Gasteiger partial charge in [-0.2, -0.15) is 0 Å². The molecule has 0 N–H and O–H groups in total. The summed E-state index contributed by atoms with van der Waals surface area (Å²) in [5, 5.41) is 0. The van der Waals surface area contributed by atoms with Gasteiger partial charge in [-0.15, -0.1) is 0 Å². The maximum atomic E-state index is 12.1. The molecular weight excluding hydrogens is 270 g/mol. The third kappa shape index (κ3) is 6.81. The number of carbonyl (C=O) groups excluding carboxylic acids is 1. The predicted molar refractivity (Wildman–Crippen MR) is 96.2 cm³/mol. The molecule has 0 bridgehead atoms. The lowest BCUT2D eigenvalue weighted by atomic mass is 9.70. The SMILES string of the molecule is CCCCN(CCC)CCCC(C(C)=O)C1CCCCC1C. The van der Waals surface area contributed by atoms with Gasteiger partial charge in [-0.05, 0) is 70.5 Å². The van der Waals surface area contributed by atoms with Crippen LogP contribution in [0.1, 0.15) is 85.5 Å². The monoisotopic (exact) mass is 309 g/mol. The second kappa shape index (κ2) is 11.2. The van der Waals surface area contributed by atoms with Crippen LogP contribution in [0.5, 0.6) is 0 Å². The van der Waals surface area contributed by atoms with Gasteiger partial charge in [0.1, 0.15) is 5.78 Å². The van der Waals surface area contributed by atoms with Crippen LogP contribution >= 0.6 is 0 Å². The van der Waals surface area contributed by atoms with Gasteiger partial charge in [0.25, 0.3) is 0 Å². The van der Waals surface area contributed by atoms with Crippen molar-refractivity contribution < 1.29 is 4.79 Å². The summed E-state index contributed by atoms with van der Waals surface area (Å²) in [6, 6.07) is 0. The normalized spacial score (nSPS) is 23.7. The zero-order valence-electron chi connectivity index (χ0n) is 15.6. The molecule has 1 saturated carbocycles. The van der Waals surface area contributed by atoms with Gasteiger partial charge in [-0.1, -0.05) is 46.5 Å². The Labute approximate surface area is 139 Å². The minimum Gasteiger partial charge on any atom is -0.303 e. The van der Waals surface area contributed by atoms with Crippen LogP contribution in [0.2, 0.25) is 0 Å². The number of nitrogens with zero attached hydrogens (tertiary/aromatic N) is 1. The average molecular weight is 310 g/mol. The van der Waals surface area contributed by atoms with E-state index in [0.717, 1.165) is 12.3 Å². The van der Waals surface area contributed by atoms with Gasteiger partial charge < -0.3 is 4.90 Å². The molecule has 1 rings (SSSR count). The van der Waals surface area contributed by atoms with Gasteiger partial charge in [0.2, 0.25) is 0 Å². The van der Waals surface area contributed by atoms with E-state index in [4.69, 9.17) is 0 Å². The van der Waals surface area contributed by atoms with E-state index in [9.17, 15) is 4.79 Å². The van der Waals surface area contributed by atoms with Crippen LogP contribution < -0.4 is 0 Å². The molecule has 3 atom stereocenters. The van der Waals surface area contributed by atoms with Crippen molar-refractivity contribution in [3.05, 3.63) is 0 Å². The third-order valence-electron chi connectivity index (χ3n) is 5.57. The minimum absolute atomic E-state index is 0.324. The zero-order chi connectivity index (χ0) is 16.4. The topological polar surface area (TPSA) is 20.3 Å². The number of hydrogen-bond donors (Lipinski definition) is 0. The molecule has 2 nitrogen and oxygen atoms in total. The van der Waals surface area contributed by atoms with Gasteiger partial charge in [-0.25, -0.2) is 0 Å². The molecule has 22 heavy (non-hydrogen) atoms. The number of ketones is 1. The first kappa shape index (κ1) is 19.7. The second-order valence-corrected chi connectivity index (χ2v) is 7.48. The van der Waals surface area contributed by atoms with Crippen molar-refractivity contribution in [1.29, 1.82) is 0 Å². The molecule has 1 aliphatic rings. The third-order valence-corrected chi connectivity index (χ3v) is 5.57. The lowest BCUT2D eigenvalue weighted by Crippen LogP contribution is -2.31. The van der Waals surface area contributed by atoms with Gasteiger partial charge in [-0.3, -0.25) is 4.79 Å². The fourth-order valence-electron chi connectivity index (χ4n) is 4.23. The van der Waals surface area contributed by atoms with Crippen molar-refractivity contribution >= 4 is 5.78 Å². The van der Waals surface area contributed by atoms with E-state index in [-0.39, 0.29) is 0 Å². The lowest BCUT2D eigenvalue weighted by molar-refractivity contribution is -0.123. The van der Waals surface area contributed by atoms with Crippen molar-refractivity contribution in [3.8, 4) is 0 Å². The molecule has 0 saturated heterocycles. The summed E-state index contributed by atoms with van der Waals surface area (Å²) in [6.45, 7) is 12.3. The van der Waals surface area contributed by atoms with E-state index < -0.39 is 0 Å². The van der Waals surface area contributed by atoms with Gasteiger partial charge in [0, 0.05) is 5.92 Å². The van der Waals surface area contributed by atoms with Gasteiger partial charge >= 0.3 is 0 Å². The van der Waals surface area contributed by atoms with Crippen LogP contribution in [0.3, 0.4) is 0 Å². The summed E-state index contributed by atoms with van der Waals surface area (Å²) in [6.07, 6.45) is 11.4. The molecule has 0 aliphatic heterocycles. The maximum Gasteiger partial charge on any atom is 0.133 e. The Morgan fingerprint density at radius 2 is 1.73 bits per heavy atom. The first-order valence-electron chi connectivity index (χ1n) is 9.82. The Balaban J connectivity index is 2.44. The fraction of sp³-hybridized carbons (Fsp3) is 0.950. The summed E-state index contributed by atoms with van der Waals surface area (Å²) in [7, 11) is 0. The summed E-state index contributed by atoms with van der Waals surface area (Å²) >= 11 is 0. The lowest BCUT2D eigenvalue weighted by Gasteiger charge is -2.34. The van der Waals surface area contributed by atoms with Crippen molar-refractivity contribution in [2.24, 2.45) is 17.8 Å². The van der Waals surface area contributed by atoms with Crippen LogP contribution in [-0.4, -0.2) is 30.3 Å². The number of carbonyl (C=O) groups is 1. The highest BCUT2D eigenvalue weighted by atomic mass is 16.1. The van der Waals surface area contributed by atoms with Crippen LogP contribution in [0, 0.1) is 17.8 Å². The number of unbranched alkanes of at least 4 members (excludes halogenated alkanes) is 1. The van der Waals surface area contributed by atoms with E-state index >= 15 is 0 Å². The summed E-state index contributed by atoms with van der Waals surface area (Å²) in [5.74, 6) is 2.16. The van der Waals surface area contributed by atoms with Crippen LogP contribution in [0.25, 0.3) is 0 Å². The smallest absolute Gasteiger partial charge is 0.133 e. The molecule has 0 aromatic heterocycles. The Kier molecular flexibility index (Phi) is 10.0. The average Bonchev–Trinajstić information content (AvgIpc) is 2.49. The number of Topliss-reactive ketones (excluding diaryl/α,β-unsaturated/α-hetero) is 1. The standard InChI is InChI=1S/C20H39NO/c1-5-7-15-21(14-6-2)16-10-13-20(18(4)22)19-12-9-8-11-17(19)3/h17,19-20H,5-16H2,1-4H3. The summed E-state index contributed by atoms with van der Waals surface area (Å²) < 4.78 is 0. The van der Waals surface area contributed by atoms with Gasteiger partial charge in [0.15, 0.2) is 0 Å². The molecule has 3 unspecified atom stereocenters. The van der Waals surface area contributed by atoms with E-state index in [1.54, 1.807) is 0 Å². The highest BCUT2D eigenvalue weighted by Gasteiger charge is 2.31. The Morgan fingerprint density at radius 3 is 2.32 bits per heavy atom. The minimum atomic E-state index is 0.324. The van der Waals surface area contributed by atoms with Gasteiger partial charge in [0.05, 0.1) is 0 Å². The molecule has 0 spiro atoms. The van der Waals surface area contributed by atoms with Crippen LogP contribution in [0.15, 0.2) is 0 Å². The molecule has 0 radical (unpaired) electrons. The van der Waals surface area contributed by atoms with Crippen molar-refractivity contribution in [1.82, 2.24) is 4.90 Å². The molecule has 1 fully saturated rings. The van der Waals surface area contributed by atoms with E-state index in [1.165, 1.54) is 71.0 Å². The maximum absolute atomic E-state index is 12.1. The van der Waals surface area contributed by atoms with Crippen molar-refractivity contribution in [3.63, 3.8) is 0 Å². The Morgan fingerprint density at radius 1 is 1.05 bits per heavy atom. The number of hydrogen-bond acceptors (Lipinski definition) is 2. The van der Waals surface area contributed by atoms with Crippen molar-refractivity contribution in [2.45, 2.75) is 85.5 Å². The van der Waals surface area contributed by atoms with E-state index in [0.29, 0.717) is 17.6 Å². The largest absolute Gasteiger partial charge is 0.303 e. The highest BCUT2D eigenvalue weighted by molar-refractivity contribution is 5.78. The quantitative estimate of drug-likeness (QED) is 0.515. The molecule has 0 aromatic rings. The summed E-state index contributed by atoms with van der Waals surface area (Å²) in [4.78, 5) is 14.8. The molecule has 0 amide bonds. The zero-order valence-corrected chi connectivity index (χ0v) is 15.6. The second-order valence-electron chi connectivity index (χ2n) is 7.48. The molecule has 1 aliphatic carbocycles. The number of rotatable bonds is 11. The van der Waals surface area contributed by atoms with E-state index in [1.807, 2.05) is 6.92 Å². The van der Waals surface area contributed by atoms with Crippen LogP contribution in [-0.2, 0) is 4.79 Å².